The van der Waals surface area contributed by atoms with E-state index in [0.717, 1.165) is 13.0 Å². The van der Waals surface area contributed by atoms with Crippen molar-refractivity contribution in [2.45, 2.75) is 13.3 Å². The highest BCUT2D eigenvalue weighted by Gasteiger charge is 2.05. The minimum Gasteiger partial charge on any atom is -0.508 e. The zero-order valence-corrected chi connectivity index (χ0v) is 10.6. The molecule has 0 aromatic heterocycles. The molecule has 4 N–H and O–H groups in total. The number of aromatic hydroxyl groups is 1. The molecule has 1 rings (SSSR count). The summed E-state index contributed by atoms with van der Waals surface area (Å²) >= 11 is 0. The van der Waals surface area contributed by atoms with Crippen LogP contribution in [0.1, 0.15) is 18.9 Å². The van der Waals surface area contributed by atoms with Crippen LogP contribution in [0.4, 0.5) is 0 Å². The number of hydrogen-bond donors (Lipinski definition) is 3. The Balaban J connectivity index is 0.000000631. The maximum Gasteiger partial charge on any atom is 0.371 e. The van der Waals surface area contributed by atoms with Gasteiger partial charge in [0.15, 0.2) is 0 Å². The third-order valence-corrected chi connectivity index (χ3v) is 1.91. The van der Waals surface area contributed by atoms with Crippen molar-refractivity contribution in [3.8, 4) is 5.75 Å². The smallest absolute Gasteiger partial charge is 0.371 e. The number of methoxy groups -OCH3 is 1. The lowest BCUT2D eigenvalue weighted by Gasteiger charge is -2.00. The summed E-state index contributed by atoms with van der Waals surface area (Å²) < 4.78 is 4.64. The molecule has 100 valence electrons. The van der Waals surface area contributed by atoms with E-state index in [9.17, 15) is 4.79 Å². The van der Waals surface area contributed by atoms with E-state index in [0.29, 0.717) is 5.56 Å². The van der Waals surface area contributed by atoms with Gasteiger partial charge in [-0.3, -0.25) is 0 Å². The summed E-state index contributed by atoms with van der Waals surface area (Å²) in [6.07, 6.45) is 2.47. The van der Waals surface area contributed by atoms with Crippen molar-refractivity contribution >= 4 is 12.0 Å². The van der Waals surface area contributed by atoms with Gasteiger partial charge in [-0.25, -0.2) is 4.79 Å². The van der Waals surface area contributed by atoms with Gasteiger partial charge in [0, 0.05) is 0 Å². The first-order valence-corrected chi connectivity index (χ1v) is 5.53. The first kappa shape index (κ1) is 16.0. The van der Waals surface area contributed by atoms with Gasteiger partial charge in [0.25, 0.3) is 0 Å². The second kappa shape index (κ2) is 9.07. The minimum absolute atomic E-state index is 0.136. The van der Waals surface area contributed by atoms with E-state index in [1.165, 1.54) is 25.3 Å². The lowest BCUT2D eigenvalue weighted by atomic mass is 10.2. The molecule has 0 atom stereocenters. The largest absolute Gasteiger partial charge is 0.508 e. The topological polar surface area (TPSA) is 92.8 Å². The summed E-state index contributed by atoms with van der Waals surface area (Å²) in [5.74, 6) is -1.13. The van der Waals surface area contributed by atoms with E-state index < -0.39 is 5.97 Å². The first-order valence-electron chi connectivity index (χ1n) is 5.53. The van der Waals surface area contributed by atoms with Crippen molar-refractivity contribution in [1.29, 1.82) is 0 Å². The summed E-state index contributed by atoms with van der Waals surface area (Å²) in [6, 6.07) is 6.14. The molecule has 0 bridgehead atoms. The molecule has 5 nitrogen and oxygen atoms in total. The first-order chi connectivity index (χ1) is 8.54. The Morgan fingerprint density at radius 3 is 2.22 bits per heavy atom. The van der Waals surface area contributed by atoms with Crippen molar-refractivity contribution in [2.75, 3.05) is 13.7 Å². The number of ether oxygens (including phenoxy) is 1. The normalized spacial score (nSPS) is 10.3. The van der Waals surface area contributed by atoms with Crippen LogP contribution in [0.2, 0.25) is 0 Å². The highest BCUT2D eigenvalue weighted by Crippen LogP contribution is 2.12. The number of carboxylic acid groups (broad SMARTS) is 1. The third-order valence-electron chi connectivity index (χ3n) is 1.91. The predicted molar refractivity (Wildman–Crippen MR) is 70.1 cm³/mol. The van der Waals surface area contributed by atoms with Crippen LogP contribution in [0.5, 0.6) is 5.75 Å². The molecule has 0 aliphatic rings. The van der Waals surface area contributed by atoms with Crippen LogP contribution in [-0.4, -0.2) is 29.8 Å². The Morgan fingerprint density at radius 1 is 1.39 bits per heavy atom. The standard InChI is InChI=1S/C10H10O4.C3H9N/c1-14-9(10(12)13)6-7-2-4-8(11)5-3-7;1-2-3-4/h2-6,11H,1H3,(H,12,13);2-4H2,1H3. The Morgan fingerprint density at radius 2 is 1.89 bits per heavy atom. The van der Waals surface area contributed by atoms with Gasteiger partial charge in [-0.1, -0.05) is 19.1 Å². The number of phenolic OH excluding ortho intramolecular Hbond substituents is 1. The molecule has 0 saturated heterocycles. The number of benzene rings is 1. The molecule has 0 heterocycles. The highest BCUT2D eigenvalue weighted by molar-refractivity contribution is 5.89. The van der Waals surface area contributed by atoms with E-state index in [2.05, 4.69) is 11.7 Å². The average molecular weight is 253 g/mol. The number of rotatable bonds is 4. The van der Waals surface area contributed by atoms with Gasteiger partial charge in [-0.05, 0) is 36.7 Å². The number of carboxylic acids is 1. The molecule has 5 heteroatoms. The molecular formula is C13H19NO4. The van der Waals surface area contributed by atoms with Gasteiger partial charge in [-0.15, -0.1) is 0 Å². The summed E-state index contributed by atoms with van der Waals surface area (Å²) in [5, 5.41) is 17.6. The fourth-order valence-electron chi connectivity index (χ4n) is 0.930. The van der Waals surface area contributed by atoms with Crippen molar-refractivity contribution in [3.63, 3.8) is 0 Å². The molecule has 0 saturated carbocycles. The molecule has 1 aromatic rings. The van der Waals surface area contributed by atoms with Crippen molar-refractivity contribution < 1.29 is 19.7 Å². The second-order valence-corrected chi connectivity index (χ2v) is 3.40. The van der Waals surface area contributed by atoms with E-state index in [4.69, 9.17) is 15.9 Å². The summed E-state index contributed by atoms with van der Waals surface area (Å²) in [6.45, 7) is 2.88. The number of aliphatic carboxylic acids is 1. The van der Waals surface area contributed by atoms with Crippen LogP contribution in [0.15, 0.2) is 30.0 Å². The highest BCUT2D eigenvalue weighted by atomic mass is 16.5. The number of carbonyl (C=O) groups is 1. The maximum absolute atomic E-state index is 10.6. The molecule has 0 unspecified atom stereocenters. The van der Waals surface area contributed by atoms with Crippen molar-refractivity contribution in [1.82, 2.24) is 0 Å². The quantitative estimate of drug-likeness (QED) is 0.562. The lowest BCUT2D eigenvalue weighted by molar-refractivity contribution is -0.135. The lowest BCUT2D eigenvalue weighted by Crippen LogP contribution is -2.01. The summed E-state index contributed by atoms with van der Waals surface area (Å²) in [5.41, 5.74) is 5.68. The van der Waals surface area contributed by atoms with Gasteiger partial charge >= 0.3 is 5.97 Å². The number of phenols is 1. The van der Waals surface area contributed by atoms with Gasteiger partial charge in [0.05, 0.1) is 7.11 Å². The van der Waals surface area contributed by atoms with Crippen LogP contribution in [0, 0.1) is 0 Å². The van der Waals surface area contributed by atoms with Crippen LogP contribution >= 0.6 is 0 Å². The van der Waals surface area contributed by atoms with Crippen LogP contribution < -0.4 is 5.73 Å². The molecule has 0 amide bonds. The second-order valence-electron chi connectivity index (χ2n) is 3.40. The Bertz CT molecular complexity index is 382. The van der Waals surface area contributed by atoms with Crippen LogP contribution in [0.25, 0.3) is 6.08 Å². The molecule has 0 aliphatic heterocycles. The number of nitrogens with two attached hydrogens (primary N) is 1. The van der Waals surface area contributed by atoms with Gasteiger partial charge in [0.2, 0.25) is 5.76 Å². The fourth-order valence-corrected chi connectivity index (χ4v) is 0.930. The van der Waals surface area contributed by atoms with E-state index in [1.807, 2.05) is 0 Å². The molecule has 18 heavy (non-hydrogen) atoms. The minimum atomic E-state index is -1.12. The molecule has 0 radical (unpaired) electrons. The molecule has 0 fully saturated rings. The van der Waals surface area contributed by atoms with Crippen LogP contribution in [0.3, 0.4) is 0 Å². The fraction of sp³-hybridized carbons (Fsp3) is 0.308. The SMILES string of the molecule is CCCN.COC(=Cc1ccc(O)cc1)C(=O)O. The zero-order chi connectivity index (χ0) is 14.0. The number of hydrogen-bond acceptors (Lipinski definition) is 4. The van der Waals surface area contributed by atoms with Crippen molar-refractivity contribution in [3.05, 3.63) is 35.6 Å². The molecular weight excluding hydrogens is 234 g/mol. The molecule has 0 aliphatic carbocycles. The predicted octanol–water partition coefficient (Wildman–Crippen LogP) is 1.82. The average Bonchev–Trinajstić information content (AvgIpc) is 2.38. The van der Waals surface area contributed by atoms with Gasteiger partial charge < -0.3 is 20.7 Å². The Hall–Kier alpha value is -2.01. The molecule has 0 spiro atoms. The molecule has 1 aromatic carbocycles. The van der Waals surface area contributed by atoms with Crippen molar-refractivity contribution in [2.24, 2.45) is 5.73 Å². The summed E-state index contributed by atoms with van der Waals surface area (Å²) in [7, 11) is 1.29. The van der Waals surface area contributed by atoms with E-state index in [-0.39, 0.29) is 11.5 Å². The van der Waals surface area contributed by atoms with Gasteiger partial charge in [0.1, 0.15) is 5.75 Å². The van der Waals surface area contributed by atoms with E-state index >= 15 is 0 Å². The maximum atomic E-state index is 10.6. The van der Waals surface area contributed by atoms with Gasteiger partial charge in [-0.2, -0.15) is 0 Å². The Kier molecular flexibility index (Phi) is 8.05. The van der Waals surface area contributed by atoms with E-state index in [1.54, 1.807) is 12.1 Å². The third kappa shape index (κ3) is 6.55. The zero-order valence-electron chi connectivity index (χ0n) is 10.6. The Labute approximate surface area is 107 Å². The monoisotopic (exact) mass is 253 g/mol. The van der Waals surface area contributed by atoms with Crippen LogP contribution in [-0.2, 0) is 9.53 Å². The summed E-state index contributed by atoms with van der Waals surface area (Å²) in [4.78, 5) is 10.6.